The Hall–Kier alpha value is -2.33. The van der Waals surface area contributed by atoms with Gasteiger partial charge in [-0.15, -0.1) is 0 Å². The van der Waals surface area contributed by atoms with E-state index in [0.29, 0.717) is 0 Å². The van der Waals surface area contributed by atoms with Crippen molar-refractivity contribution >= 4 is 27.2 Å². The second kappa shape index (κ2) is 4.35. The topological polar surface area (TPSA) is 50.9 Å². The number of nitrogen functional groups attached to an aromatic ring is 1. The third kappa shape index (κ3) is 1.85. The minimum Gasteiger partial charge on any atom is -0.389 e. The molecule has 1 aromatic heterocycles. The number of aromatic nitrogens is 1. The Kier molecular flexibility index (Phi) is 2.50. The van der Waals surface area contributed by atoms with E-state index in [-0.39, 0.29) is 0 Å². The van der Waals surface area contributed by atoms with Crippen LogP contribution in [0.5, 0.6) is 0 Å². The smallest absolute Gasteiger partial charge is 0.189 e. The van der Waals surface area contributed by atoms with Crippen LogP contribution >= 0.6 is 11.3 Å². The fraction of sp³-hybridized carbons (Fsp3) is 0.0625. The van der Waals surface area contributed by atoms with Crippen molar-refractivity contribution in [2.45, 2.75) is 6.42 Å². The number of nitrogens with two attached hydrogens (primary N) is 1. The van der Waals surface area contributed by atoms with E-state index in [1.807, 2.05) is 0 Å². The van der Waals surface area contributed by atoms with E-state index in [0.717, 1.165) is 22.2 Å². The molecule has 1 aliphatic rings. The second-order valence-corrected chi connectivity index (χ2v) is 5.96. The summed E-state index contributed by atoms with van der Waals surface area (Å²) < 4.78 is 0. The molecule has 0 radical (unpaired) electrons. The van der Waals surface area contributed by atoms with Gasteiger partial charge in [0, 0.05) is 5.69 Å². The summed E-state index contributed by atoms with van der Waals surface area (Å²) in [4.78, 5) is 4.23. The molecule has 0 atom stereocenters. The van der Waals surface area contributed by atoms with Gasteiger partial charge in [0.1, 0.15) is 5.00 Å². The molecule has 0 saturated carbocycles. The van der Waals surface area contributed by atoms with Gasteiger partial charge >= 0.3 is 0 Å². The van der Waals surface area contributed by atoms with Crippen molar-refractivity contribution in [1.29, 1.82) is 0 Å². The molecule has 0 unspecified atom stereocenters. The Balaban J connectivity index is 1.68. The largest absolute Gasteiger partial charge is 0.389 e. The van der Waals surface area contributed by atoms with Crippen molar-refractivity contribution in [1.82, 2.24) is 4.98 Å². The van der Waals surface area contributed by atoms with Crippen LogP contribution in [0.3, 0.4) is 0 Å². The number of nitrogens with zero attached hydrogens (tertiary/aromatic N) is 1. The summed E-state index contributed by atoms with van der Waals surface area (Å²) in [7, 11) is 0. The average Bonchev–Trinajstić information content (AvgIpc) is 3.01. The zero-order valence-electron chi connectivity index (χ0n) is 10.8. The van der Waals surface area contributed by atoms with Crippen molar-refractivity contribution in [3.63, 3.8) is 0 Å². The van der Waals surface area contributed by atoms with Gasteiger partial charge in [-0.3, -0.25) is 0 Å². The van der Waals surface area contributed by atoms with Crippen molar-refractivity contribution in [2.24, 2.45) is 0 Å². The minimum absolute atomic E-state index is 0.723. The van der Waals surface area contributed by atoms with Crippen LogP contribution in [0.2, 0.25) is 0 Å². The molecule has 4 rings (SSSR count). The molecule has 0 amide bonds. The third-order valence-corrected chi connectivity index (χ3v) is 4.31. The quantitative estimate of drug-likeness (QED) is 0.582. The lowest BCUT2D eigenvalue weighted by atomic mass is 10.1. The molecule has 3 N–H and O–H groups in total. The first kappa shape index (κ1) is 11.5. The molecule has 2 aromatic carbocycles. The van der Waals surface area contributed by atoms with Gasteiger partial charge in [-0.25, -0.2) is 4.98 Å². The maximum atomic E-state index is 5.70. The molecular formula is C16H13N3S. The SMILES string of the molecule is Nc1cnc(Nc2ccc3c(c2)Cc2ccccc2-3)s1. The number of hydrogen-bond acceptors (Lipinski definition) is 4. The Morgan fingerprint density at radius 2 is 1.90 bits per heavy atom. The van der Waals surface area contributed by atoms with Crippen molar-refractivity contribution in [3.8, 4) is 11.1 Å². The molecular weight excluding hydrogens is 266 g/mol. The van der Waals surface area contributed by atoms with Crippen LogP contribution in [-0.2, 0) is 6.42 Å². The molecule has 1 heterocycles. The van der Waals surface area contributed by atoms with E-state index < -0.39 is 0 Å². The van der Waals surface area contributed by atoms with E-state index in [1.54, 1.807) is 6.20 Å². The van der Waals surface area contributed by atoms with Crippen LogP contribution < -0.4 is 11.1 Å². The van der Waals surface area contributed by atoms with Crippen molar-refractivity contribution in [2.75, 3.05) is 11.1 Å². The molecule has 0 spiro atoms. The molecule has 0 bridgehead atoms. The summed E-state index contributed by atoms with van der Waals surface area (Å²) in [6.45, 7) is 0. The molecule has 20 heavy (non-hydrogen) atoms. The number of anilines is 3. The molecule has 98 valence electrons. The summed E-state index contributed by atoms with van der Waals surface area (Å²) in [5, 5.41) is 4.86. The fourth-order valence-corrected chi connectivity index (χ4v) is 3.29. The van der Waals surface area contributed by atoms with Crippen LogP contribution in [0.15, 0.2) is 48.7 Å². The van der Waals surface area contributed by atoms with Gasteiger partial charge in [0.15, 0.2) is 5.13 Å². The van der Waals surface area contributed by atoms with Gasteiger partial charge in [0.25, 0.3) is 0 Å². The number of thiazole rings is 1. The van der Waals surface area contributed by atoms with E-state index in [9.17, 15) is 0 Å². The number of fused-ring (bicyclic) bond motifs is 3. The zero-order valence-corrected chi connectivity index (χ0v) is 11.6. The average molecular weight is 279 g/mol. The molecule has 3 nitrogen and oxygen atoms in total. The number of nitrogens with one attached hydrogen (secondary N) is 1. The van der Waals surface area contributed by atoms with Gasteiger partial charge in [-0.05, 0) is 40.8 Å². The highest BCUT2D eigenvalue weighted by atomic mass is 32.1. The van der Waals surface area contributed by atoms with E-state index in [1.165, 1.54) is 33.6 Å². The maximum absolute atomic E-state index is 5.70. The molecule has 0 saturated heterocycles. The standard InChI is InChI=1S/C16H13N3S/c17-15-9-18-16(20-15)19-12-5-6-14-11(8-12)7-10-3-1-2-4-13(10)14/h1-6,8-9H,7,17H2,(H,18,19). The lowest BCUT2D eigenvalue weighted by Gasteiger charge is -2.06. The highest BCUT2D eigenvalue weighted by Crippen LogP contribution is 2.38. The molecule has 1 aliphatic carbocycles. The summed E-state index contributed by atoms with van der Waals surface area (Å²) >= 11 is 1.46. The Bertz CT molecular complexity index is 792. The third-order valence-electron chi connectivity index (χ3n) is 3.57. The normalized spacial score (nSPS) is 12.0. The Morgan fingerprint density at radius 1 is 1.05 bits per heavy atom. The van der Waals surface area contributed by atoms with Crippen LogP contribution in [0.4, 0.5) is 15.8 Å². The summed E-state index contributed by atoms with van der Waals surface area (Å²) in [6.07, 6.45) is 2.68. The van der Waals surface area contributed by atoms with Gasteiger partial charge in [-0.1, -0.05) is 41.7 Å². The molecule has 0 aliphatic heterocycles. The molecule has 3 aromatic rings. The van der Waals surface area contributed by atoms with E-state index >= 15 is 0 Å². The predicted octanol–water partition coefficient (Wildman–Crippen LogP) is 4.04. The lowest BCUT2D eigenvalue weighted by molar-refractivity contribution is 1.26. The van der Waals surface area contributed by atoms with Crippen LogP contribution in [0, 0.1) is 0 Å². The van der Waals surface area contributed by atoms with E-state index in [2.05, 4.69) is 52.8 Å². The van der Waals surface area contributed by atoms with Gasteiger partial charge in [0.05, 0.1) is 6.20 Å². The second-order valence-electron chi connectivity index (χ2n) is 4.90. The molecule has 4 heteroatoms. The first-order chi connectivity index (χ1) is 9.79. The van der Waals surface area contributed by atoms with E-state index in [4.69, 9.17) is 5.73 Å². The zero-order chi connectivity index (χ0) is 13.5. The van der Waals surface area contributed by atoms with Crippen molar-refractivity contribution < 1.29 is 0 Å². The first-order valence-electron chi connectivity index (χ1n) is 6.49. The first-order valence-corrected chi connectivity index (χ1v) is 7.31. The number of benzene rings is 2. The Labute approximate surface area is 121 Å². The van der Waals surface area contributed by atoms with Crippen LogP contribution in [0.25, 0.3) is 11.1 Å². The minimum atomic E-state index is 0.723. The van der Waals surface area contributed by atoms with Crippen molar-refractivity contribution in [3.05, 3.63) is 59.8 Å². The monoisotopic (exact) mass is 279 g/mol. The highest BCUT2D eigenvalue weighted by Gasteiger charge is 2.17. The summed E-state index contributed by atoms with van der Waals surface area (Å²) in [5.41, 5.74) is 12.2. The van der Waals surface area contributed by atoms with Crippen LogP contribution in [-0.4, -0.2) is 4.98 Å². The fourth-order valence-electron chi connectivity index (χ4n) is 2.69. The number of hydrogen-bond donors (Lipinski definition) is 2. The predicted molar refractivity (Wildman–Crippen MR) is 84.5 cm³/mol. The summed E-state index contributed by atoms with van der Waals surface area (Å²) in [6, 6.07) is 15.1. The highest BCUT2D eigenvalue weighted by molar-refractivity contribution is 7.19. The van der Waals surface area contributed by atoms with Gasteiger partial charge in [-0.2, -0.15) is 0 Å². The Morgan fingerprint density at radius 3 is 2.75 bits per heavy atom. The maximum Gasteiger partial charge on any atom is 0.189 e. The van der Waals surface area contributed by atoms with Gasteiger partial charge < -0.3 is 11.1 Å². The van der Waals surface area contributed by atoms with Crippen LogP contribution in [0.1, 0.15) is 11.1 Å². The molecule has 0 fully saturated rings. The lowest BCUT2D eigenvalue weighted by Crippen LogP contribution is -1.90. The van der Waals surface area contributed by atoms with Gasteiger partial charge in [0.2, 0.25) is 0 Å². The number of rotatable bonds is 2. The summed E-state index contributed by atoms with van der Waals surface area (Å²) in [5.74, 6) is 0.